The number of H-pyrrole nitrogens is 1. The summed E-state index contributed by atoms with van der Waals surface area (Å²) in [7, 11) is -18.3. The Hall–Kier alpha value is -1.56. The van der Waals surface area contributed by atoms with Gasteiger partial charge in [-0.1, -0.05) is 0 Å². The smallest absolute Gasteiger partial charge is 0.280 e. The van der Waals surface area contributed by atoms with E-state index in [1.165, 1.54) is 0 Å². The molecule has 1 aliphatic rings. The van der Waals surface area contributed by atoms with Gasteiger partial charge < -0.3 is 49.3 Å². The Bertz CT molecular complexity index is 1240. The minimum absolute atomic E-state index is 0.149. The average Bonchev–Trinajstić information content (AvgIpc) is 3.13. The number of aromatic nitrogens is 4. The number of hydrogen-bond acceptors (Lipinski definition) is 17. The van der Waals surface area contributed by atoms with Crippen molar-refractivity contribution in [1.82, 2.24) is 19.5 Å². The number of phosphoric acid groups is 3. The summed E-state index contributed by atoms with van der Waals surface area (Å²) in [6.07, 6.45) is -7.44. The molecule has 0 aliphatic carbocycles. The highest BCUT2D eigenvalue weighted by Crippen LogP contribution is 2.61. The molecular formula is C11H14N5O14P3-4. The summed E-state index contributed by atoms with van der Waals surface area (Å²) in [5.74, 6) is -0.301. The zero-order valence-corrected chi connectivity index (χ0v) is 18.7. The molecule has 1 aliphatic heterocycles. The number of nitrogens with two attached hydrogens (primary N) is 1. The van der Waals surface area contributed by atoms with Crippen molar-refractivity contribution in [3.8, 4) is 0 Å². The van der Waals surface area contributed by atoms with Crippen LogP contribution in [0.15, 0.2) is 11.1 Å². The number of phosphoric ester groups is 1. The molecular weight excluding hydrogens is 519 g/mol. The highest BCUT2D eigenvalue weighted by Gasteiger charge is 2.48. The average molecular weight is 533 g/mol. The van der Waals surface area contributed by atoms with Gasteiger partial charge in [-0.15, -0.1) is 0 Å². The first-order valence-electron chi connectivity index (χ1n) is 8.49. The summed E-state index contributed by atoms with van der Waals surface area (Å²) in [5, 5.41) is 20.6. The molecule has 0 amide bonds. The largest absolute Gasteiger partial charge is 0.790 e. The maximum absolute atomic E-state index is 11.9. The third kappa shape index (κ3) is 5.93. The number of nitrogen functional groups attached to an aromatic ring is 1. The number of rotatable bonds is 8. The van der Waals surface area contributed by atoms with Crippen LogP contribution < -0.4 is 30.9 Å². The first kappa shape index (κ1) is 26.1. The van der Waals surface area contributed by atoms with Crippen LogP contribution in [0.2, 0.25) is 0 Å². The van der Waals surface area contributed by atoms with Gasteiger partial charge in [0.25, 0.3) is 21.2 Å². The minimum atomic E-state index is -6.20. The molecule has 5 N–H and O–H groups in total. The fourth-order valence-corrected chi connectivity index (χ4v) is 6.00. The van der Waals surface area contributed by atoms with Crippen LogP contribution in [-0.2, 0) is 31.6 Å². The summed E-state index contributed by atoms with van der Waals surface area (Å²) >= 11 is 0. The number of ether oxygens (including phenoxy) is 1. The Balaban J connectivity index is 1.78. The number of hydrogen-bond donors (Lipinski definition) is 4. The molecule has 0 saturated carbocycles. The van der Waals surface area contributed by atoms with Gasteiger partial charge in [-0.3, -0.25) is 27.8 Å². The van der Waals surface area contributed by atoms with Gasteiger partial charge in [0.2, 0.25) is 5.95 Å². The van der Waals surface area contributed by atoms with Crippen LogP contribution in [0.25, 0.3) is 11.2 Å². The van der Waals surface area contributed by atoms with Gasteiger partial charge in [-0.25, -0.2) is 9.29 Å². The Labute approximate surface area is 182 Å². The summed E-state index contributed by atoms with van der Waals surface area (Å²) < 4.78 is 50.8. The van der Waals surface area contributed by atoms with Crippen LogP contribution in [0, 0.1) is 0 Å². The molecule has 0 bridgehead atoms. The molecule has 1 fully saturated rings. The van der Waals surface area contributed by atoms with Crippen LogP contribution in [0.3, 0.4) is 0 Å². The molecule has 3 rings (SSSR count). The number of nitrogens with zero attached hydrogens (tertiary/aromatic N) is 3. The van der Waals surface area contributed by atoms with Crippen LogP contribution in [0.5, 0.6) is 0 Å². The number of aromatic amines is 1. The zero-order chi connectivity index (χ0) is 24.9. The third-order valence-electron chi connectivity index (χ3n) is 4.16. The fourth-order valence-electron chi connectivity index (χ4n) is 2.98. The van der Waals surface area contributed by atoms with Gasteiger partial charge in [0.15, 0.2) is 17.4 Å². The van der Waals surface area contributed by atoms with Crippen molar-refractivity contribution in [2.24, 2.45) is 0 Å². The second kappa shape index (κ2) is 8.90. The van der Waals surface area contributed by atoms with Crippen LogP contribution in [0.4, 0.5) is 5.95 Å². The van der Waals surface area contributed by atoms with Crippen molar-refractivity contribution in [1.29, 1.82) is 0 Å². The maximum atomic E-state index is 11.9. The molecule has 186 valence electrons. The molecule has 2 aromatic heterocycles. The van der Waals surface area contributed by atoms with E-state index in [0.717, 1.165) is 17.8 Å². The van der Waals surface area contributed by atoms with E-state index < -0.39 is 59.7 Å². The number of fused-ring (bicyclic) bond motifs is 1. The lowest BCUT2D eigenvalue weighted by Gasteiger charge is -2.38. The number of anilines is 1. The van der Waals surface area contributed by atoms with Crippen molar-refractivity contribution in [3.63, 3.8) is 0 Å². The Kier molecular flexibility index (Phi) is 7.03. The molecule has 0 spiro atoms. The quantitative estimate of drug-likeness (QED) is 0.232. The van der Waals surface area contributed by atoms with Crippen molar-refractivity contribution < 1.29 is 61.4 Å². The fraction of sp³-hybridized carbons (Fsp3) is 0.545. The highest BCUT2D eigenvalue weighted by atomic mass is 31.3. The van der Waals surface area contributed by atoms with Gasteiger partial charge in [0, 0.05) is 0 Å². The first-order chi connectivity index (χ1) is 15.0. The summed E-state index contributed by atoms with van der Waals surface area (Å²) in [6, 6.07) is 0. The van der Waals surface area contributed by atoms with Gasteiger partial charge in [0.1, 0.15) is 18.3 Å². The highest BCUT2D eigenvalue weighted by molar-refractivity contribution is 7.64. The number of aliphatic hydroxyl groups excluding tert-OH is 2. The molecule has 33 heavy (non-hydrogen) atoms. The Morgan fingerprint density at radius 1 is 1.18 bits per heavy atom. The topological polar surface area (TPSA) is 310 Å². The SMILES string of the molecule is C[C@@H](OP(=O)([O-])OP(=O)([O-])OP(=O)([O-])[O-])[C@H]1O[C@@H](n2cnc3c(=O)[nH]c(N)nc32)[C@@H](O)C1O. The van der Waals surface area contributed by atoms with Crippen molar-refractivity contribution in [3.05, 3.63) is 16.7 Å². The van der Waals surface area contributed by atoms with Crippen LogP contribution in [0.1, 0.15) is 13.2 Å². The van der Waals surface area contributed by atoms with E-state index >= 15 is 0 Å². The second-order valence-corrected chi connectivity index (χ2v) is 10.8. The van der Waals surface area contributed by atoms with Gasteiger partial charge in [0.05, 0.1) is 20.3 Å². The normalized spacial score (nSPS) is 28.5. The monoisotopic (exact) mass is 533 g/mol. The van der Waals surface area contributed by atoms with E-state index in [2.05, 4.69) is 28.1 Å². The number of imidazole rings is 1. The minimum Gasteiger partial charge on any atom is -0.790 e. The summed E-state index contributed by atoms with van der Waals surface area (Å²) in [5.41, 5.74) is 4.41. The first-order valence-corrected chi connectivity index (χ1v) is 12.9. The zero-order valence-electron chi connectivity index (χ0n) is 16.0. The number of aliphatic hydroxyl groups is 2. The summed E-state index contributed by atoms with van der Waals surface area (Å²) in [6.45, 7) is 0.965. The van der Waals surface area contributed by atoms with Crippen molar-refractivity contribution in [2.45, 2.75) is 37.6 Å². The van der Waals surface area contributed by atoms with Gasteiger partial charge >= 0.3 is 0 Å². The number of nitrogens with one attached hydrogen (secondary N) is 1. The van der Waals surface area contributed by atoms with E-state index in [4.69, 9.17) is 10.5 Å². The van der Waals surface area contributed by atoms with Crippen molar-refractivity contribution in [2.75, 3.05) is 5.73 Å². The second-order valence-electron chi connectivity index (χ2n) is 6.56. The van der Waals surface area contributed by atoms with Crippen LogP contribution in [-0.4, -0.2) is 54.1 Å². The van der Waals surface area contributed by atoms with Gasteiger partial charge in [-0.05, 0) is 6.92 Å². The van der Waals surface area contributed by atoms with Crippen LogP contribution >= 0.6 is 23.5 Å². The predicted octanol–water partition coefficient (Wildman–Crippen LogP) is -4.48. The molecule has 1 saturated heterocycles. The van der Waals surface area contributed by atoms with Gasteiger partial charge in [-0.2, -0.15) is 4.98 Å². The lowest BCUT2D eigenvalue weighted by atomic mass is 10.1. The van der Waals surface area contributed by atoms with E-state index in [1.54, 1.807) is 0 Å². The lowest BCUT2D eigenvalue weighted by Crippen LogP contribution is -2.38. The van der Waals surface area contributed by atoms with E-state index in [9.17, 15) is 48.3 Å². The third-order valence-corrected chi connectivity index (χ3v) is 7.95. The standard InChI is InChI=1S/C11H18N5O14P3/c1-3(28-32(23,24)30-33(25,26)29-31(20,21)22)7-5(17)6(18)10(27-7)16-2-13-4-8(16)14-11(12)15-9(4)19/h2-3,5-7,10,17-18H,1H3,(H,23,24)(H,25,26)(H2,20,21,22)(H3,12,14,15,19)/p-4/t3-,5?,6+,7-,10-/m1/s1. The molecule has 3 heterocycles. The molecule has 0 radical (unpaired) electrons. The molecule has 2 aromatic rings. The molecule has 0 aromatic carbocycles. The predicted molar refractivity (Wildman–Crippen MR) is 94.0 cm³/mol. The summed E-state index contributed by atoms with van der Waals surface area (Å²) in [4.78, 5) is 65.5. The molecule has 22 heteroatoms. The van der Waals surface area contributed by atoms with E-state index in [0.29, 0.717) is 0 Å². The van der Waals surface area contributed by atoms with E-state index in [-0.39, 0.29) is 17.1 Å². The molecule has 7 atom stereocenters. The lowest BCUT2D eigenvalue weighted by molar-refractivity contribution is -0.339. The Morgan fingerprint density at radius 3 is 2.42 bits per heavy atom. The van der Waals surface area contributed by atoms with E-state index in [1.807, 2.05) is 0 Å². The van der Waals surface area contributed by atoms with Crippen molar-refractivity contribution >= 4 is 40.6 Å². The Morgan fingerprint density at radius 2 is 1.82 bits per heavy atom. The molecule has 3 unspecified atom stereocenters. The molecule has 19 nitrogen and oxygen atoms in total. The maximum Gasteiger partial charge on any atom is 0.280 e.